The predicted molar refractivity (Wildman–Crippen MR) is 98.8 cm³/mol. The zero-order valence-corrected chi connectivity index (χ0v) is 15.2. The minimum atomic E-state index is 0. The van der Waals surface area contributed by atoms with E-state index in [0.29, 0.717) is 6.54 Å². The maximum Gasteiger partial charge on any atom is 0.191 e. The molecule has 2 aromatic rings. The molecule has 22 heavy (non-hydrogen) atoms. The summed E-state index contributed by atoms with van der Waals surface area (Å²) in [5.74, 6) is 1.63. The second kappa shape index (κ2) is 10.0. The first-order valence-electron chi connectivity index (χ1n) is 6.87. The van der Waals surface area contributed by atoms with Gasteiger partial charge in [-0.15, -0.1) is 24.0 Å². The number of methoxy groups -OCH3 is 1. The molecule has 0 atom stereocenters. The number of hydrogen-bond acceptors (Lipinski definition) is 3. The lowest BCUT2D eigenvalue weighted by molar-refractivity contribution is 0.409. The number of aromatic nitrogens is 2. The average molecular weight is 415 g/mol. The van der Waals surface area contributed by atoms with E-state index in [-0.39, 0.29) is 24.0 Å². The van der Waals surface area contributed by atoms with Crippen LogP contribution in [-0.2, 0) is 13.1 Å². The molecule has 120 valence electrons. The van der Waals surface area contributed by atoms with E-state index in [0.717, 1.165) is 30.4 Å². The van der Waals surface area contributed by atoms with Gasteiger partial charge in [-0.2, -0.15) is 5.10 Å². The Hall–Kier alpha value is -1.77. The number of ether oxygens (including phenoxy) is 1. The van der Waals surface area contributed by atoms with Crippen LogP contribution in [0.15, 0.2) is 47.7 Å². The van der Waals surface area contributed by atoms with Crippen molar-refractivity contribution in [3.8, 4) is 5.75 Å². The highest BCUT2D eigenvalue weighted by Gasteiger charge is 2.03. The molecule has 0 saturated heterocycles. The number of hydrogen-bond donors (Lipinski definition) is 2. The lowest BCUT2D eigenvalue weighted by atomic mass is 10.2. The summed E-state index contributed by atoms with van der Waals surface area (Å²) in [5, 5.41) is 10.7. The number of nitrogens with zero attached hydrogens (tertiary/aromatic N) is 3. The Kier molecular flexibility index (Phi) is 8.34. The smallest absolute Gasteiger partial charge is 0.191 e. The zero-order valence-electron chi connectivity index (χ0n) is 12.8. The summed E-state index contributed by atoms with van der Waals surface area (Å²) < 4.78 is 7.20. The first-order valence-corrected chi connectivity index (χ1v) is 6.87. The fraction of sp³-hybridized carbons (Fsp3) is 0.333. The van der Waals surface area contributed by atoms with Gasteiger partial charge in [0.05, 0.1) is 13.7 Å². The fourth-order valence-electron chi connectivity index (χ4n) is 1.97. The van der Waals surface area contributed by atoms with Crippen LogP contribution in [0.4, 0.5) is 0 Å². The Labute approximate surface area is 148 Å². The highest BCUT2D eigenvalue weighted by atomic mass is 127. The molecule has 1 heterocycles. The van der Waals surface area contributed by atoms with E-state index in [1.54, 1.807) is 20.4 Å². The summed E-state index contributed by atoms with van der Waals surface area (Å²) >= 11 is 0. The second-order valence-electron chi connectivity index (χ2n) is 4.43. The van der Waals surface area contributed by atoms with Crippen LogP contribution in [0.3, 0.4) is 0 Å². The quantitative estimate of drug-likeness (QED) is 0.430. The third-order valence-electron chi connectivity index (χ3n) is 3.05. The first-order chi connectivity index (χ1) is 10.3. The van der Waals surface area contributed by atoms with Gasteiger partial charge in [-0.1, -0.05) is 18.2 Å². The molecular formula is C15H22IN5O. The van der Waals surface area contributed by atoms with E-state index in [2.05, 4.69) is 20.7 Å². The van der Waals surface area contributed by atoms with Crippen LogP contribution in [0.2, 0.25) is 0 Å². The Morgan fingerprint density at radius 2 is 2.09 bits per heavy atom. The molecule has 6 nitrogen and oxygen atoms in total. The lowest BCUT2D eigenvalue weighted by Crippen LogP contribution is -2.38. The van der Waals surface area contributed by atoms with Gasteiger partial charge in [0.2, 0.25) is 0 Å². The van der Waals surface area contributed by atoms with Crippen molar-refractivity contribution in [1.82, 2.24) is 20.4 Å². The Bertz CT molecular complexity index is 571. The van der Waals surface area contributed by atoms with Crippen molar-refractivity contribution in [3.05, 3.63) is 48.3 Å². The van der Waals surface area contributed by atoms with Gasteiger partial charge in [-0.25, -0.2) is 0 Å². The summed E-state index contributed by atoms with van der Waals surface area (Å²) in [4.78, 5) is 4.20. The largest absolute Gasteiger partial charge is 0.496 e. The number of halogens is 1. The number of nitrogens with one attached hydrogen (secondary N) is 2. The van der Waals surface area contributed by atoms with Crippen LogP contribution in [-0.4, -0.2) is 36.4 Å². The van der Waals surface area contributed by atoms with Gasteiger partial charge in [0, 0.05) is 38.1 Å². The SMILES string of the molecule is CN=C(NCCn1cccn1)NCc1ccccc1OC.I. The number of rotatable bonds is 6. The molecule has 0 bridgehead atoms. The van der Waals surface area contributed by atoms with Gasteiger partial charge in [-0.05, 0) is 12.1 Å². The molecule has 0 fully saturated rings. The predicted octanol–water partition coefficient (Wildman–Crippen LogP) is 1.87. The molecule has 0 aliphatic carbocycles. The summed E-state index contributed by atoms with van der Waals surface area (Å²) in [6.45, 7) is 2.21. The topological polar surface area (TPSA) is 63.5 Å². The lowest BCUT2D eigenvalue weighted by Gasteiger charge is -2.13. The molecule has 2 rings (SSSR count). The van der Waals surface area contributed by atoms with Gasteiger partial charge >= 0.3 is 0 Å². The third kappa shape index (κ3) is 5.55. The molecule has 0 radical (unpaired) electrons. The van der Waals surface area contributed by atoms with Crippen LogP contribution >= 0.6 is 24.0 Å². The van der Waals surface area contributed by atoms with E-state index in [1.165, 1.54) is 0 Å². The fourth-order valence-corrected chi connectivity index (χ4v) is 1.97. The van der Waals surface area contributed by atoms with E-state index in [9.17, 15) is 0 Å². The minimum Gasteiger partial charge on any atom is -0.496 e. The van der Waals surface area contributed by atoms with Crippen molar-refractivity contribution in [1.29, 1.82) is 0 Å². The molecule has 0 aliphatic heterocycles. The number of aliphatic imine (C=N–C) groups is 1. The molecular weight excluding hydrogens is 393 g/mol. The molecule has 0 amide bonds. The standard InChI is InChI=1S/C15H21N5O.HI/c1-16-15(17-9-11-20-10-5-8-19-20)18-12-13-6-3-4-7-14(13)21-2;/h3-8,10H,9,11-12H2,1-2H3,(H2,16,17,18);1H. The number of benzene rings is 1. The maximum absolute atomic E-state index is 5.33. The minimum absolute atomic E-state index is 0. The van der Waals surface area contributed by atoms with Gasteiger partial charge in [0.25, 0.3) is 0 Å². The van der Waals surface area contributed by atoms with E-state index < -0.39 is 0 Å². The van der Waals surface area contributed by atoms with Gasteiger partial charge in [-0.3, -0.25) is 9.67 Å². The van der Waals surface area contributed by atoms with Crippen molar-refractivity contribution < 1.29 is 4.74 Å². The molecule has 1 aromatic carbocycles. The zero-order chi connectivity index (χ0) is 14.9. The monoisotopic (exact) mass is 415 g/mol. The van der Waals surface area contributed by atoms with Crippen molar-refractivity contribution >= 4 is 29.9 Å². The summed E-state index contributed by atoms with van der Waals surface area (Å²) in [6, 6.07) is 9.84. The maximum atomic E-state index is 5.33. The molecule has 0 aliphatic rings. The molecule has 1 aromatic heterocycles. The molecule has 7 heteroatoms. The highest BCUT2D eigenvalue weighted by Crippen LogP contribution is 2.16. The van der Waals surface area contributed by atoms with Crippen molar-refractivity contribution in [2.45, 2.75) is 13.1 Å². The van der Waals surface area contributed by atoms with Crippen molar-refractivity contribution in [2.75, 3.05) is 20.7 Å². The summed E-state index contributed by atoms with van der Waals surface area (Å²) in [7, 11) is 3.43. The van der Waals surface area contributed by atoms with E-state index in [1.807, 2.05) is 41.2 Å². The second-order valence-corrected chi connectivity index (χ2v) is 4.43. The Balaban J connectivity index is 0.00000242. The van der Waals surface area contributed by atoms with Crippen LogP contribution in [0.1, 0.15) is 5.56 Å². The molecule has 0 saturated carbocycles. The summed E-state index contributed by atoms with van der Waals surface area (Å²) in [5.41, 5.74) is 1.09. The molecule has 2 N–H and O–H groups in total. The molecule has 0 unspecified atom stereocenters. The van der Waals surface area contributed by atoms with Crippen LogP contribution in [0, 0.1) is 0 Å². The highest BCUT2D eigenvalue weighted by molar-refractivity contribution is 14.0. The summed E-state index contributed by atoms with van der Waals surface area (Å²) in [6.07, 6.45) is 3.71. The van der Waals surface area contributed by atoms with Gasteiger partial charge in [0.1, 0.15) is 5.75 Å². The van der Waals surface area contributed by atoms with Gasteiger partial charge < -0.3 is 15.4 Å². The normalized spacial score (nSPS) is 10.7. The van der Waals surface area contributed by atoms with Gasteiger partial charge in [0.15, 0.2) is 5.96 Å². The van der Waals surface area contributed by atoms with Crippen molar-refractivity contribution in [2.24, 2.45) is 4.99 Å². The molecule has 0 spiro atoms. The Morgan fingerprint density at radius 3 is 2.77 bits per heavy atom. The average Bonchev–Trinajstić information content (AvgIpc) is 3.04. The first kappa shape index (κ1) is 18.3. The van der Waals surface area contributed by atoms with E-state index in [4.69, 9.17) is 4.74 Å². The number of guanidine groups is 1. The Morgan fingerprint density at radius 1 is 1.27 bits per heavy atom. The number of para-hydroxylation sites is 1. The van der Waals surface area contributed by atoms with Crippen LogP contribution < -0.4 is 15.4 Å². The van der Waals surface area contributed by atoms with Crippen LogP contribution in [0.25, 0.3) is 0 Å². The van der Waals surface area contributed by atoms with Crippen molar-refractivity contribution in [3.63, 3.8) is 0 Å². The third-order valence-corrected chi connectivity index (χ3v) is 3.05. The van der Waals surface area contributed by atoms with Crippen LogP contribution in [0.5, 0.6) is 5.75 Å². The van der Waals surface area contributed by atoms with E-state index >= 15 is 0 Å².